The maximum atomic E-state index is 12.3. The van der Waals surface area contributed by atoms with Gasteiger partial charge in [-0.2, -0.15) is 5.10 Å². The molecule has 0 aliphatic heterocycles. The summed E-state index contributed by atoms with van der Waals surface area (Å²) in [4.78, 5) is 12.3. The van der Waals surface area contributed by atoms with Gasteiger partial charge < -0.3 is 10.6 Å². The van der Waals surface area contributed by atoms with Crippen molar-refractivity contribution in [3.63, 3.8) is 0 Å². The number of urea groups is 1. The lowest BCUT2D eigenvalue weighted by Gasteiger charge is -2.11. The van der Waals surface area contributed by atoms with Crippen LogP contribution in [0.25, 0.3) is 16.8 Å². The zero-order valence-corrected chi connectivity index (χ0v) is 14.5. The Hall–Kier alpha value is -3.86. The second-order valence-corrected chi connectivity index (χ2v) is 6.00. The number of carbonyl (C=O) groups excluding carboxylic acids is 1. The first-order valence-electron chi connectivity index (χ1n) is 8.62. The molecule has 0 saturated carbocycles. The van der Waals surface area contributed by atoms with Gasteiger partial charge in [0, 0.05) is 23.0 Å². The average molecular weight is 354 g/mol. The molecule has 0 aliphatic carbocycles. The van der Waals surface area contributed by atoms with Crippen molar-refractivity contribution in [3.05, 3.63) is 97.3 Å². The Morgan fingerprint density at radius 2 is 1.44 bits per heavy atom. The van der Waals surface area contributed by atoms with E-state index in [1.807, 2.05) is 95.8 Å². The Morgan fingerprint density at radius 1 is 0.778 bits per heavy atom. The van der Waals surface area contributed by atoms with Gasteiger partial charge in [-0.1, -0.05) is 54.6 Å². The number of carbonyl (C=O) groups is 1. The van der Waals surface area contributed by atoms with E-state index >= 15 is 0 Å². The van der Waals surface area contributed by atoms with E-state index in [0.29, 0.717) is 0 Å². The summed E-state index contributed by atoms with van der Waals surface area (Å²) in [6.07, 6.45) is 3.74. The summed E-state index contributed by atoms with van der Waals surface area (Å²) in [5.74, 6) is 0. The molecule has 0 atom stereocenters. The second-order valence-electron chi connectivity index (χ2n) is 6.00. The van der Waals surface area contributed by atoms with Crippen molar-refractivity contribution >= 4 is 17.4 Å². The zero-order valence-electron chi connectivity index (χ0n) is 14.5. The number of amides is 2. The number of rotatable bonds is 4. The number of aromatic nitrogens is 2. The molecular weight excluding hydrogens is 336 g/mol. The minimum Gasteiger partial charge on any atom is -0.308 e. The van der Waals surface area contributed by atoms with Gasteiger partial charge in [-0.05, 0) is 30.3 Å². The molecule has 3 aromatic carbocycles. The highest BCUT2D eigenvalue weighted by Gasteiger charge is 2.10. The summed E-state index contributed by atoms with van der Waals surface area (Å²) in [6, 6.07) is 26.6. The van der Waals surface area contributed by atoms with E-state index in [4.69, 9.17) is 0 Å². The van der Waals surface area contributed by atoms with Crippen LogP contribution in [-0.4, -0.2) is 15.8 Å². The van der Waals surface area contributed by atoms with E-state index in [-0.39, 0.29) is 6.03 Å². The van der Waals surface area contributed by atoms with E-state index in [1.54, 1.807) is 6.20 Å². The number of hydrogen-bond acceptors (Lipinski definition) is 2. The van der Waals surface area contributed by atoms with Crippen LogP contribution in [0.5, 0.6) is 0 Å². The lowest BCUT2D eigenvalue weighted by atomic mass is 10.1. The Kier molecular flexibility index (Phi) is 4.66. The van der Waals surface area contributed by atoms with Crippen LogP contribution < -0.4 is 10.6 Å². The maximum absolute atomic E-state index is 12.3. The number of para-hydroxylation sites is 3. The Bertz CT molecular complexity index is 1040. The van der Waals surface area contributed by atoms with Crippen LogP contribution in [0.2, 0.25) is 0 Å². The van der Waals surface area contributed by atoms with Gasteiger partial charge in [0.25, 0.3) is 0 Å². The first-order chi connectivity index (χ1) is 13.3. The Labute approximate surface area is 157 Å². The van der Waals surface area contributed by atoms with Crippen molar-refractivity contribution < 1.29 is 4.79 Å². The third-order valence-corrected chi connectivity index (χ3v) is 4.12. The quantitative estimate of drug-likeness (QED) is 0.530. The lowest BCUT2D eigenvalue weighted by Crippen LogP contribution is -2.19. The molecule has 1 heterocycles. The highest BCUT2D eigenvalue weighted by atomic mass is 16.2. The molecule has 2 N–H and O–H groups in total. The molecule has 0 spiro atoms. The van der Waals surface area contributed by atoms with Crippen LogP contribution in [0.4, 0.5) is 16.2 Å². The molecule has 132 valence electrons. The smallest absolute Gasteiger partial charge is 0.308 e. The number of nitrogens with one attached hydrogen (secondary N) is 2. The fourth-order valence-electron chi connectivity index (χ4n) is 2.83. The summed E-state index contributed by atoms with van der Waals surface area (Å²) < 4.78 is 1.82. The van der Waals surface area contributed by atoms with E-state index in [1.165, 1.54) is 0 Å². The van der Waals surface area contributed by atoms with E-state index in [9.17, 15) is 4.79 Å². The van der Waals surface area contributed by atoms with E-state index in [0.717, 1.165) is 28.2 Å². The highest BCUT2D eigenvalue weighted by Crippen LogP contribution is 2.28. The second kappa shape index (κ2) is 7.58. The van der Waals surface area contributed by atoms with Crippen LogP contribution in [0.15, 0.2) is 97.3 Å². The van der Waals surface area contributed by atoms with Crippen molar-refractivity contribution in [2.75, 3.05) is 10.6 Å². The fourth-order valence-corrected chi connectivity index (χ4v) is 2.83. The third kappa shape index (κ3) is 3.88. The van der Waals surface area contributed by atoms with Crippen molar-refractivity contribution in [2.24, 2.45) is 0 Å². The summed E-state index contributed by atoms with van der Waals surface area (Å²) in [5.41, 5.74) is 4.27. The van der Waals surface area contributed by atoms with Crippen LogP contribution in [0.3, 0.4) is 0 Å². The molecule has 4 aromatic rings. The van der Waals surface area contributed by atoms with Gasteiger partial charge in [-0.3, -0.25) is 0 Å². The molecule has 5 heteroatoms. The standard InChI is InChI=1S/C22H18N4O/c27-22(24-18-9-3-1-4-10-18)25-21-14-8-7-13-20(21)17-15-23-26(16-17)19-11-5-2-6-12-19/h1-16H,(H2,24,25,27). The minimum absolute atomic E-state index is 0.288. The van der Waals surface area contributed by atoms with E-state index < -0.39 is 0 Å². The van der Waals surface area contributed by atoms with Gasteiger partial charge in [-0.25, -0.2) is 9.48 Å². The fraction of sp³-hybridized carbons (Fsp3) is 0. The molecule has 0 saturated heterocycles. The van der Waals surface area contributed by atoms with Crippen molar-refractivity contribution in [3.8, 4) is 16.8 Å². The zero-order chi connectivity index (χ0) is 18.5. The van der Waals surface area contributed by atoms with E-state index in [2.05, 4.69) is 15.7 Å². The Morgan fingerprint density at radius 3 is 2.22 bits per heavy atom. The Balaban J connectivity index is 1.57. The van der Waals surface area contributed by atoms with Crippen molar-refractivity contribution in [1.82, 2.24) is 9.78 Å². The molecule has 0 unspecified atom stereocenters. The molecule has 1 aromatic heterocycles. The summed E-state index contributed by atoms with van der Waals surface area (Å²) in [6.45, 7) is 0. The summed E-state index contributed by atoms with van der Waals surface area (Å²) in [7, 11) is 0. The van der Waals surface area contributed by atoms with Gasteiger partial charge in [0.15, 0.2) is 0 Å². The summed E-state index contributed by atoms with van der Waals surface area (Å²) >= 11 is 0. The number of hydrogen-bond donors (Lipinski definition) is 2. The topological polar surface area (TPSA) is 59.0 Å². The van der Waals surface area contributed by atoms with Crippen LogP contribution in [0, 0.1) is 0 Å². The van der Waals surface area contributed by atoms with Crippen LogP contribution in [0.1, 0.15) is 0 Å². The van der Waals surface area contributed by atoms with Crippen LogP contribution >= 0.6 is 0 Å². The molecular formula is C22H18N4O. The van der Waals surface area contributed by atoms with Gasteiger partial charge in [0.05, 0.1) is 17.6 Å². The first kappa shape index (κ1) is 16.6. The molecule has 0 bridgehead atoms. The molecule has 2 amide bonds. The van der Waals surface area contributed by atoms with Crippen LogP contribution in [-0.2, 0) is 0 Å². The third-order valence-electron chi connectivity index (χ3n) is 4.12. The predicted molar refractivity (Wildman–Crippen MR) is 108 cm³/mol. The minimum atomic E-state index is -0.288. The molecule has 5 nitrogen and oxygen atoms in total. The first-order valence-corrected chi connectivity index (χ1v) is 8.62. The molecule has 4 rings (SSSR count). The monoisotopic (exact) mass is 354 g/mol. The number of anilines is 2. The number of nitrogens with zero attached hydrogens (tertiary/aromatic N) is 2. The van der Waals surface area contributed by atoms with Gasteiger partial charge in [-0.15, -0.1) is 0 Å². The maximum Gasteiger partial charge on any atom is 0.323 e. The molecule has 0 aliphatic rings. The molecule has 27 heavy (non-hydrogen) atoms. The lowest BCUT2D eigenvalue weighted by molar-refractivity contribution is 0.262. The van der Waals surface area contributed by atoms with Gasteiger partial charge in [0.2, 0.25) is 0 Å². The van der Waals surface area contributed by atoms with Gasteiger partial charge in [0.1, 0.15) is 0 Å². The number of benzene rings is 3. The van der Waals surface area contributed by atoms with Gasteiger partial charge >= 0.3 is 6.03 Å². The SMILES string of the molecule is O=C(Nc1ccccc1)Nc1ccccc1-c1cnn(-c2ccccc2)c1. The molecule has 0 radical (unpaired) electrons. The predicted octanol–water partition coefficient (Wildman–Crippen LogP) is 5.18. The summed E-state index contributed by atoms with van der Waals surface area (Å²) in [5, 5.41) is 10.2. The largest absolute Gasteiger partial charge is 0.323 e. The average Bonchev–Trinajstić information content (AvgIpc) is 3.20. The normalized spacial score (nSPS) is 10.4. The van der Waals surface area contributed by atoms with Crippen molar-refractivity contribution in [2.45, 2.75) is 0 Å². The van der Waals surface area contributed by atoms with Crippen molar-refractivity contribution in [1.29, 1.82) is 0 Å². The molecule has 0 fully saturated rings. The highest BCUT2D eigenvalue weighted by molar-refractivity contribution is 6.02.